The number of oxime groups is 1. The van der Waals surface area contributed by atoms with E-state index >= 15 is 0 Å². The van der Waals surface area contributed by atoms with E-state index in [1.54, 1.807) is 20.1 Å². The fourth-order valence-electron chi connectivity index (χ4n) is 3.27. The average Bonchev–Trinajstić information content (AvgIpc) is 3.21. The Labute approximate surface area is 173 Å². The Kier molecular flexibility index (Phi) is 6.64. The zero-order valence-corrected chi connectivity index (χ0v) is 16.8. The Hall–Kier alpha value is -3.03. The molecule has 2 aromatic rings. The van der Waals surface area contributed by atoms with Crippen molar-refractivity contribution < 1.29 is 27.5 Å². The first kappa shape index (κ1) is 21.7. The molecule has 0 fully saturated rings. The fourth-order valence-corrected chi connectivity index (χ4v) is 3.27. The molecule has 1 aliphatic heterocycles. The number of alkyl halides is 3. The van der Waals surface area contributed by atoms with Gasteiger partial charge in [-0.15, -0.1) is 0 Å². The van der Waals surface area contributed by atoms with Crippen LogP contribution >= 0.6 is 0 Å². The van der Waals surface area contributed by atoms with Crippen molar-refractivity contribution in [2.75, 3.05) is 13.7 Å². The van der Waals surface area contributed by atoms with Crippen LogP contribution in [0.15, 0.2) is 53.7 Å². The van der Waals surface area contributed by atoms with Crippen LogP contribution in [-0.2, 0) is 22.4 Å². The van der Waals surface area contributed by atoms with Gasteiger partial charge in [-0.3, -0.25) is 4.79 Å². The quantitative estimate of drug-likeness (QED) is 0.656. The molecule has 8 heteroatoms. The summed E-state index contributed by atoms with van der Waals surface area (Å²) in [4.78, 5) is 19.4. The number of hydrogen-bond donors (Lipinski definition) is 0. The lowest BCUT2D eigenvalue weighted by atomic mass is 10.0. The van der Waals surface area contributed by atoms with Gasteiger partial charge < -0.3 is 14.5 Å². The van der Waals surface area contributed by atoms with Gasteiger partial charge in [-0.1, -0.05) is 24.2 Å². The SMILES string of the molecule is CCC(=O)N(Cc1cccc(C(F)(F)F)c1)CC1CC(c2ccc(OC)cc2)=NO1. The molecule has 0 N–H and O–H groups in total. The summed E-state index contributed by atoms with van der Waals surface area (Å²) in [5.41, 5.74) is 1.34. The van der Waals surface area contributed by atoms with Gasteiger partial charge in [0.2, 0.25) is 5.91 Å². The van der Waals surface area contributed by atoms with E-state index in [0.29, 0.717) is 12.0 Å². The van der Waals surface area contributed by atoms with Crippen LogP contribution in [0.2, 0.25) is 0 Å². The third-order valence-electron chi connectivity index (χ3n) is 4.86. The molecule has 3 rings (SSSR count). The molecule has 2 aromatic carbocycles. The second-order valence-corrected chi connectivity index (χ2v) is 7.02. The number of ether oxygens (including phenoxy) is 1. The minimum Gasteiger partial charge on any atom is -0.497 e. The number of rotatable bonds is 7. The van der Waals surface area contributed by atoms with Crippen LogP contribution in [0.25, 0.3) is 0 Å². The Morgan fingerprint density at radius 1 is 1.23 bits per heavy atom. The monoisotopic (exact) mass is 420 g/mol. The third-order valence-corrected chi connectivity index (χ3v) is 4.86. The van der Waals surface area contributed by atoms with Gasteiger partial charge in [-0.25, -0.2) is 0 Å². The number of amides is 1. The minimum absolute atomic E-state index is 0.0777. The van der Waals surface area contributed by atoms with Crippen molar-refractivity contribution in [3.05, 3.63) is 65.2 Å². The van der Waals surface area contributed by atoms with Crippen molar-refractivity contribution in [2.24, 2.45) is 5.16 Å². The summed E-state index contributed by atoms with van der Waals surface area (Å²) in [5.74, 6) is 0.574. The molecule has 0 radical (unpaired) electrons. The van der Waals surface area contributed by atoms with E-state index in [-0.39, 0.29) is 31.5 Å². The molecule has 1 unspecified atom stereocenters. The molecule has 1 atom stereocenters. The Bertz CT molecular complexity index is 911. The maximum Gasteiger partial charge on any atom is 0.416 e. The molecule has 0 aliphatic carbocycles. The average molecular weight is 420 g/mol. The van der Waals surface area contributed by atoms with Crippen molar-refractivity contribution in [1.29, 1.82) is 0 Å². The van der Waals surface area contributed by atoms with Crippen LogP contribution in [0.4, 0.5) is 13.2 Å². The van der Waals surface area contributed by atoms with Crippen molar-refractivity contribution in [1.82, 2.24) is 4.90 Å². The zero-order chi connectivity index (χ0) is 21.7. The number of carbonyl (C=O) groups excluding carboxylic acids is 1. The Morgan fingerprint density at radius 2 is 1.97 bits per heavy atom. The summed E-state index contributed by atoms with van der Waals surface area (Å²) >= 11 is 0. The maximum absolute atomic E-state index is 13.0. The molecule has 5 nitrogen and oxygen atoms in total. The van der Waals surface area contributed by atoms with Gasteiger partial charge in [0, 0.05) is 19.4 Å². The number of carbonyl (C=O) groups is 1. The highest BCUT2D eigenvalue weighted by Crippen LogP contribution is 2.30. The number of nitrogens with zero attached hydrogens (tertiary/aromatic N) is 2. The van der Waals surface area contributed by atoms with Gasteiger partial charge in [-0.05, 0) is 47.5 Å². The lowest BCUT2D eigenvalue weighted by molar-refractivity contribution is -0.137. The van der Waals surface area contributed by atoms with E-state index in [1.807, 2.05) is 24.3 Å². The van der Waals surface area contributed by atoms with Gasteiger partial charge in [0.1, 0.15) is 5.75 Å². The molecule has 0 bridgehead atoms. The highest BCUT2D eigenvalue weighted by Gasteiger charge is 2.31. The molecular weight excluding hydrogens is 397 g/mol. The van der Waals surface area contributed by atoms with E-state index in [2.05, 4.69) is 5.16 Å². The van der Waals surface area contributed by atoms with Crippen LogP contribution in [0.1, 0.15) is 36.5 Å². The molecule has 1 amide bonds. The molecule has 0 saturated heterocycles. The highest BCUT2D eigenvalue weighted by atomic mass is 19.4. The van der Waals surface area contributed by atoms with Gasteiger partial charge in [0.15, 0.2) is 6.10 Å². The van der Waals surface area contributed by atoms with Gasteiger partial charge in [0.05, 0.1) is 24.9 Å². The molecule has 0 spiro atoms. The van der Waals surface area contributed by atoms with Crippen molar-refractivity contribution in [3.63, 3.8) is 0 Å². The van der Waals surface area contributed by atoms with Crippen LogP contribution in [0, 0.1) is 0 Å². The molecule has 0 saturated carbocycles. The first-order valence-corrected chi connectivity index (χ1v) is 9.61. The fraction of sp³-hybridized carbons (Fsp3) is 0.364. The molecule has 1 aliphatic rings. The summed E-state index contributed by atoms with van der Waals surface area (Å²) in [6.07, 6.45) is -4.03. The zero-order valence-electron chi connectivity index (χ0n) is 16.8. The summed E-state index contributed by atoms with van der Waals surface area (Å²) in [6, 6.07) is 12.4. The predicted octanol–water partition coefficient (Wildman–Crippen LogP) is 4.65. The van der Waals surface area contributed by atoms with Gasteiger partial charge in [-0.2, -0.15) is 13.2 Å². The topological polar surface area (TPSA) is 51.1 Å². The highest BCUT2D eigenvalue weighted by molar-refractivity contribution is 6.01. The lowest BCUT2D eigenvalue weighted by Crippen LogP contribution is -2.37. The lowest BCUT2D eigenvalue weighted by Gasteiger charge is -2.25. The van der Waals surface area contributed by atoms with E-state index < -0.39 is 11.7 Å². The number of methoxy groups -OCH3 is 1. The van der Waals surface area contributed by atoms with Gasteiger partial charge >= 0.3 is 6.18 Å². The normalized spacial score (nSPS) is 16.0. The summed E-state index contributed by atoms with van der Waals surface area (Å²) in [6.45, 7) is 2.04. The number of benzene rings is 2. The molecule has 30 heavy (non-hydrogen) atoms. The smallest absolute Gasteiger partial charge is 0.416 e. The molecule has 0 aromatic heterocycles. The van der Waals surface area contributed by atoms with Crippen LogP contribution in [0.3, 0.4) is 0 Å². The van der Waals surface area contributed by atoms with Crippen LogP contribution in [-0.4, -0.2) is 36.3 Å². The molecule has 1 heterocycles. The number of hydrogen-bond acceptors (Lipinski definition) is 4. The first-order valence-electron chi connectivity index (χ1n) is 9.61. The first-order chi connectivity index (χ1) is 14.3. The maximum atomic E-state index is 13.0. The van der Waals surface area contributed by atoms with Gasteiger partial charge in [0.25, 0.3) is 0 Å². The van der Waals surface area contributed by atoms with Crippen molar-refractivity contribution in [2.45, 2.75) is 38.6 Å². The summed E-state index contributed by atoms with van der Waals surface area (Å²) in [5, 5.41) is 4.12. The second kappa shape index (κ2) is 9.19. The molecule has 160 valence electrons. The third kappa shape index (κ3) is 5.31. The second-order valence-electron chi connectivity index (χ2n) is 7.02. The summed E-state index contributed by atoms with van der Waals surface area (Å²) < 4.78 is 44.1. The standard InChI is InChI=1S/C22H23F3N2O3/c1-3-21(28)27(13-15-5-4-6-17(11-15)22(23,24)25)14-19-12-20(26-30-19)16-7-9-18(29-2)10-8-16/h4-11,19H,3,12-14H2,1-2H3. The predicted molar refractivity (Wildman–Crippen MR) is 106 cm³/mol. The number of halogens is 3. The van der Waals surface area contributed by atoms with Crippen LogP contribution in [0.5, 0.6) is 5.75 Å². The van der Waals surface area contributed by atoms with Crippen molar-refractivity contribution >= 4 is 11.6 Å². The molecular formula is C22H23F3N2O3. The largest absolute Gasteiger partial charge is 0.497 e. The minimum atomic E-state index is -4.43. The summed E-state index contributed by atoms with van der Waals surface area (Å²) in [7, 11) is 1.59. The Morgan fingerprint density at radius 3 is 2.60 bits per heavy atom. The van der Waals surface area contributed by atoms with E-state index in [0.717, 1.165) is 29.2 Å². The Balaban J connectivity index is 1.67. The van der Waals surface area contributed by atoms with Crippen LogP contribution < -0.4 is 4.74 Å². The van der Waals surface area contributed by atoms with E-state index in [9.17, 15) is 18.0 Å². The van der Waals surface area contributed by atoms with E-state index in [1.165, 1.54) is 11.0 Å². The van der Waals surface area contributed by atoms with E-state index in [4.69, 9.17) is 9.57 Å². The van der Waals surface area contributed by atoms with Crippen molar-refractivity contribution in [3.8, 4) is 5.75 Å².